The van der Waals surface area contributed by atoms with Gasteiger partial charge in [-0.1, -0.05) is 27.3 Å². The van der Waals surface area contributed by atoms with Gasteiger partial charge in [-0.05, 0) is 25.1 Å². The van der Waals surface area contributed by atoms with Crippen LogP contribution in [0.15, 0.2) is 31.7 Å². The second-order valence-corrected chi connectivity index (χ2v) is 7.43. The zero-order chi connectivity index (χ0) is 14.2. The van der Waals surface area contributed by atoms with Crippen molar-refractivity contribution in [3.63, 3.8) is 0 Å². The molecule has 0 saturated carbocycles. The number of H-pyrrole nitrogens is 1. The van der Waals surface area contributed by atoms with Gasteiger partial charge in [0.05, 0.1) is 5.69 Å². The van der Waals surface area contributed by atoms with E-state index in [4.69, 9.17) is 0 Å². The molecule has 0 aliphatic heterocycles. The molecule has 102 valence electrons. The highest BCUT2D eigenvalue weighted by Crippen LogP contribution is 2.24. The van der Waals surface area contributed by atoms with E-state index >= 15 is 0 Å². The topological polar surface area (TPSA) is 79.0 Å². The summed E-state index contributed by atoms with van der Waals surface area (Å²) in [7, 11) is -3.98. The van der Waals surface area contributed by atoms with Crippen LogP contribution in [0.25, 0.3) is 0 Å². The molecule has 0 aliphatic carbocycles. The molecule has 2 aromatic rings. The predicted molar refractivity (Wildman–Crippen MR) is 74.6 cm³/mol. The van der Waals surface area contributed by atoms with Gasteiger partial charge in [-0.3, -0.25) is 9.52 Å². The van der Waals surface area contributed by atoms with Crippen LogP contribution in [0.4, 0.5) is 10.1 Å². The summed E-state index contributed by atoms with van der Waals surface area (Å²) < 4.78 is 40.1. The summed E-state index contributed by atoms with van der Waals surface area (Å²) in [6.45, 7) is 1.46. The first-order valence-electron chi connectivity index (χ1n) is 4.97. The Morgan fingerprint density at radius 3 is 2.63 bits per heavy atom. The van der Waals surface area contributed by atoms with Gasteiger partial charge in [0.25, 0.3) is 10.0 Å². The van der Waals surface area contributed by atoms with E-state index in [1.165, 1.54) is 19.1 Å². The molecule has 0 aliphatic rings. The molecule has 2 N–H and O–H groups in total. The van der Waals surface area contributed by atoms with Crippen LogP contribution in [0.1, 0.15) is 5.69 Å². The number of hydrogen-bond acceptors (Lipinski definition) is 4. The maximum Gasteiger partial charge on any atom is 0.306 e. The Kier molecular flexibility index (Phi) is 3.79. The number of rotatable bonds is 3. The lowest BCUT2D eigenvalue weighted by Gasteiger charge is -2.07. The monoisotopic (exact) mass is 366 g/mol. The number of benzene rings is 1. The van der Waals surface area contributed by atoms with Gasteiger partial charge in [0.2, 0.25) is 0 Å². The third-order valence-electron chi connectivity index (χ3n) is 2.20. The summed E-state index contributed by atoms with van der Waals surface area (Å²) >= 11 is 3.63. The smallest absolute Gasteiger partial charge is 0.306 e. The molecule has 0 radical (unpaired) electrons. The number of aromatic nitrogens is 1. The molecule has 1 aromatic carbocycles. The lowest BCUT2D eigenvalue weighted by molar-refractivity contribution is 0.599. The molecule has 0 bridgehead atoms. The fraction of sp³-hybridized carbons (Fsp3) is 0.100. The first-order valence-corrected chi connectivity index (χ1v) is 8.06. The summed E-state index contributed by atoms with van der Waals surface area (Å²) in [5, 5.41) is 0. The Bertz CT molecular complexity index is 782. The molecule has 0 fully saturated rings. The third kappa shape index (κ3) is 3.04. The Morgan fingerprint density at radius 2 is 2.11 bits per heavy atom. The number of aryl methyl sites for hydroxylation is 1. The zero-order valence-electron chi connectivity index (χ0n) is 9.53. The van der Waals surface area contributed by atoms with Crippen molar-refractivity contribution in [2.45, 2.75) is 11.1 Å². The van der Waals surface area contributed by atoms with Crippen LogP contribution in [0.3, 0.4) is 0 Å². The molecule has 0 saturated heterocycles. The molecule has 0 atom stereocenters. The van der Waals surface area contributed by atoms with Crippen molar-refractivity contribution in [1.82, 2.24) is 4.98 Å². The fourth-order valence-corrected chi connectivity index (χ4v) is 4.11. The molecule has 1 heterocycles. The van der Waals surface area contributed by atoms with Crippen molar-refractivity contribution in [2.24, 2.45) is 0 Å². The second-order valence-electron chi connectivity index (χ2n) is 3.66. The number of thiazole rings is 1. The summed E-state index contributed by atoms with van der Waals surface area (Å²) in [6, 6.07) is 3.94. The minimum Gasteiger partial charge on any atom is -0.315 e. The molecule has 0 unspecified atom stereocenters. The SMILES string of the molecule is Cc1[nH]c(=O)sc1S(=O)(=O)Nc1ccc(Br)cc1F. The Morgan fingerprint density at radius 1 is 1.42 bits per heavy atom. The quantitative estimate of drug-likeness (QED) is 0.875. The van der Waals surface area contributed by atoms with E-state index in [2.05, 4.69) is 25.6 Å². The number of nitrogens with one attached hydrogen (secondary N) is 2. The zero-order valence-corrected chi connectivity index (χ0v) is 12.7. The first-order chi connectivity index (χ1) is 8.79. The molecular weight excluding hydrogens is 359 g/mol. The number of sulfonamides is 1. The van der Waals surface area contributed by atoms with Crippen LogP contribution in [-0.4, -0.2) is 13.4 Å². The molecule has 0 spiro atoms. The first kappa shape index (κ1) is 14.2. The molecular formula is C10H8BrFN2O3S2. The lowest BCUT2D eigenvalue weighted by atomic mass is 10.3. The van der Waals surface area contributed by atoms with Crippen LogP contribution < -0.4 is 9.60 Å². The van der Waals surface area contributed by atoms with Crippen molar-refractivity contribution < 1.29 is 12.8 Å². The predicted octanol–water partition coefficient (Wildman–Crippen LogP) is 2.45. The van der Waals surface area contributed by atoms with Crippen molar-refractivity contribution in [2.75, 3.05) is 4.72 Å². The highest BCUT2D eigenvalue weighted by molar-refractivity contribution is 9.10. The molecule has 2 rings (SSSR count). The van der Waals surface area contributed by atoms with Crippen LogP contribution >= 0.6 is 27.3 Å². The highest BCUT2D eigenvalue weighted by Gasteiger charge is 2.21. The van der Waals surface area contributed by atoms with Crippen LogP contribution in [0, 0.1) is 12.7 Å². The molecule has 5 nitrogen and oxygen atoms in total. The van der Waals surface area contributed by atoms with Gasteiger partial charge in [-0.15, -0.1) is 0 Å². The van der Waals surface area contributed by atoms with Gasteiger partial charge in [-0.25, -0.2) is 12.8 Å². The summed E-state index contributed by atoms with van der Waals surface area (Å²) in [5.41, 5.74) is 0.0449. The molecule has 0 amide bonds. The minimum atomic E-state index is -3.98. The maximum absolute atomic E-state index is 13.6. The van der Waals surface area contributed by atoms with Crippen LogP contribution in [0.2, 0.25) is 0 Å². The summed E-state index contributed by atoms with van der Waals surface area (Å²) in [5.74, 6) is -0.710. The second kappa shape index (κ2) is 5.06. The Hall–Kier alpha value is -1.19. The molecule has 9 heteroatoms. The third-order valence-corrected chi connectivity index (χ3v) is 5.66. The van der Waals surface area contributed by atoms with Gasteiger partial charge in [0.15, 0.2) is 4.21 Å². The van der Waals surface area contributed by atoms with Gasteiger partial charge in [0, 0.05) is 10.2 Å². The fourth-order valence-electron chi connectivity index (χ4n) is 1.41. The van der Waals surface area contributed by atoms with Crippen molar-refractivity contribution >= 4 is 43.0 Å². The highest BCUT2D eigenvalue weighted by atomic mass is 79.9. The van der Waals surface area contributed by atoms with Gasteiger partial charge in [-0.2, -0.15) is 0 Å². The number of aromatic amines is 1. The average Bonchev–Trinajstić information content (AvgIpc) is 2.63. The Labute approximate surface area is 120 Å². The maximum atomic E-state index is 13.6. The number of anilines is 1. The Balaban J connectivity index is 2.42. The van der Waals surface area contributed by atoms with E-state index in [0.717, 1.165) is 6.07 Å². The van der Waals surface area contributed by atoms with Crippen LogP contribution in [-0.2, 0) is 10.0 Å². The van der Waals surface area contributed by atoms with Gasteiger partial charge in [0.1, 0.15) is 5.82 Å². The minimum absolute atomic E-state index is 0.153. The van der Waals surface area contributed by atoms with Crippen molar-refractivity contribution in [3.05, 3.63) is 43.9 Å². The van der Waals surface area contributed by atoms with Crippen molar-refractivity contribution in [1.29, 1.82) is 0 Å². The molecule has 19 heavy (non-hydrogen) atoms. The van der Waals surface area contributed by atoms with E-state index in [-0.39, 0.29) is 15.6 Å². The number of hydrogen-bond donors (Lipinski definition) is 2. The van der Waals surface area contributed by atoms with Crippen LogP contribution in [0.5, 0.6) is 0 Å². The van der Waals surface area contributed by atoms with Crippen molar-refractivity contribution in [3.8, 4) is 0 Å². The largest absolute Gasteiger partial charge is 0.315 e. The van der Waals surface area contributed by atoms with Gasteiger partial charge >= 0.3 is 4.87 Å². The summed E-state index contributed by atoms with van der Waals surface area (Å²) in [4.78, 5) is 13.0. The van der Waals surface area contributed by atoms with Gasteiger partial charge < -0.3 is 4.98 Å². The van der Waals surface area contributed by atoms with E-state index in [1.54, 1.807) is 0 Å². The summed E-state index contributed by atoms with van der Waals surface area (Å²) in [6.07, 6.45) is 0. The number of halogens is 2. The lowest BCUT2D eigenvalue weighted by Crippen LogP contribution is -2.13. The van der Waals surface area contributed by atoms with E-state index in [9.17, 15) is 17.6 Å². The van der Waals surface area contributed by atoms with E-state index in [0.29, 0.717) is 15.8 Å². The average molecular weight is 367 g/mol. The normalized spacial score (nSPS) is 11.5. The van der Waals surface area contributed by atoms with E-state index in [1.807, 2.05) is 0 Å². The molecule has 1 aromatic heterocycles. The van der Waals surface area contributed by atoms with E-state index < -0.39 is 20.7 Å². The standard InChI is InChI=1S/C10H8BrFN2O3S2/c1-5-9(18-10(15)13-5)19(16,17)14-8-3-2-6(11)4-7(8)12/h2-4,14H,1H3,(H,13,15).